The molecule has 0 saturated carbocycles. The number of alkyl halides is 3. The van der Waals surface area contributed by atoms with Crippen LogP contribution in [0.25, 0.3) is 0 Å². The van der Waals surface area contributed by atoms with Crippen molar-refractivity contribution in [3.8, 4) is 0 Å². The topological polar surface area (TPSA) is 52.7 Å². The third-order valence-electron chi connectivity index (χ3n) is 4.15. The van der Waals surface area contributed by atoms with Gasteiger partial charge in [0.25, 0.3) is 0 Å². The highest BCUT2D eigenvalue weighted by molar-refractivity contribution is 5.99. The van der Waals surface area contributed by atoms with Gasteiger partial charge in [0, 0.05) is 24.8 Å². The van der Waals surface area contributed by atoms with Crippen molar-refractivity contribution in [3.05, 3.63) is 59.7 Å². The van der Waals surface area contributed by atoms with E-state index >= 15 is 0 Å². The van der Waals surface area contributed by atoms with E-state index in [4.69, 9.17) is 0 Å². The lowest BCUT2D eigenvalue weighted by molar-refractivity contribution is -0.137. The first-order valence-electron chi connectivity index (χ1n) is 8.14. The van der Waals surface area contributed by atoms with Gasteiger partial charge in [0.2, 0.25) is 5.91 Å². The molecule has 1 saturated heterocycles. The number of halogens is 5. The van der Waals surface area contributed by atoms with Gasteiger partial charge in [-0.05, 0) is 24.3 Å². The lowest BCUT2D eigenvalue weighted by Crippen LogP contribution is -2.37. The normalized spacial score (nSPS) is 14.5. The molecule has 148 valence electrons. The molecule has 5 nitrogen and oxygen atoms in total. The standard InChI is InChI=1S/C18H14F5N3O2/c19-13-6-5-11(9-14(13)20)26-8-7-25(17(26)28)10-16(27)24-15-4-2-1-3-12(15)18(21,22)23/h1-6,9H,7-8,10H2,(H,24,27). The minimum Gasteiger partial charge on any atom is -0.324 e. The van der Waals surface area contributed by atoms with E-state index in [1.54, 1.807) is 0 Å². The highest BCUT2D eigenvalue weighted by Gasteiger charge is 2.35. The summed E-state index contributed by atoms with van der Waals surface area (Å²) in [4.78, 5) is 26.8. The van der Waals surface area contributed by atoms with Gasteiger partial charge in [0.15, 0.2) is 11.6 Å². The highest BCUT2D eigenvalue weighted by atomic mass is 19.4. The summed E-state index contributed by atoms with van der Waals surface area (Å²) >= 11 is 0. The molecule has 0 aliphatic carbocycles. The van der Waals surface area contributed by atoms with E-state index in [2.05, 4.69) is 5.32 Å². The largest absolute Gasteiger partial charge is 0.418 e. The summed E-state index contributed by atoms with van der Waals surface area (Å²) in [6, 6.07) is 6.81. The minimum atomic E-state index is -4.64. The van der Waals surface area contributed by atoms with Gasteiger partial charge in [-0.2, -0.15) is 13.2 Å². The van der Waals surface area contributed by atoms with E-state index in [1.807, 2.05) is 0 Å². The van der Waals surface area contributed by atoms with Crippen molar-refractivity contribution >= 4 is 23.3 Å². The number of nitrogens with one attached hydrogen (secondary N) is 1. The molecule has 0 aromatic heterocycles. The summed E-state index contributed by atoms with van der Waals surface area (Å²) in [5.41, 5.74) is -1.29. The molecule has 0 atom stereocenters. The summed E-state index contributed by atoms with van der Waals surface area (Å²) in [6.45, 7) is -0.256. The summed E-state index contributed by atoms with van der Waals surface area (Å²) in [6.07, 6.45) is -4.64. The second-order valence-corrected chi connectivity index (χ2v) is 6.05. The zero-order valence-electron chi connectivity index (χ0n) is 14.3. The number of carbonyl (C=O) groups is 2. The maximum atomic E-state index is 13.4. The van der Waals surface area contributed by atoms with E-state index in [0.717, 1.165) is 34.1 Å². The second-order valence-electron chi connectivity index (χ2n) is 6.05. The molecular weight excluding hydrogens is 385 g/mol. The Kier molecular flexibility index (Phi) is 5.21. The van der Waals surface area contributed by atoms with E-state index in [-0.39, 0.29) is 18.8 Å². The molecule has 2 aromatic carbocycles. The molecule has 0 unspecified atom stereocenters. The van der Waals surface area contributed by atoms with Crippen molar-refractivity contribution in [1.29, 1.82) is 0 Å². The van der Waals surface area contributed by atoms with Crippen LogP contribution in [0.5, 0.6) is 0 Å². The van der Waals surface area contributed by atoms with Crippen molar-refractivity contribution in [2.75, 3.05) is 29.9 Å². The number of para-hydroxylation sites is 1. The third-order valence-corrected chi connectivity index (χ3v) is 4.15. The van der Waals surface area contributed by atoms with Crippen LogP contribution in [0.4, 0.5) is 38.1 Å². The van der Waals surface area contributed by atoms with Crippen LogP contribution < -0.4 is 10.2 Å². The molecule has 28 heavy (non-hydrogen) atoms. The monoisotopic (exact) mass is 399 g/mol. The quantitative estimate of drug-likeness (QED) is 0.794. The molecule has 0 radical (unpaired) electrons. The first-order valence-corrected chi connectivity index (χ1v) is 8.14. The predicted molar refractivity (Wildman–Crippen MR) is 90.7 cm³/mol. The maximum Gasteiger partial charge on any atom is 0.418 e. The molecule has 10 heteroatoms. The Hall–Kier alpha value is -3.17. The van der Waals surface area contributed by atoms with Gasteiger partial charge >= 0.3 is 12.2 Å². The minimum absolute atomic E-state index is 0.103. The van der Waals surface area contributed by atoms with Gasteiger partial charge in [0.1, 0.15) is 6.54 Å². The first kappa shape index (κ1) is 19.6. The highest BCUT2D eigenvalue weighted by Crippen LogP contribution is 2.34. The Labute approximate surface area is 156 Å². The van der Waals surface area contributed by atoms with Crippen LogP contribution in [-0.2, 0) is 11.0 Å². The number of rotatable bonds is 4. The molecule has 1 fully saturated rings. The average Bonchev–Trinajstić information content (AvgIpc) is 2.97. The van der Waals surface area contributed by atoms with Gasteiger partial charge in [-0.25, -0.2) is 13.6 Å². The maximum absolute atomic E-state index is 13.4. The van der Waals surface area contributed by atoms with Gasteiger partial charge in [-0.1, -0.05) is 12.1 Å². The van der Waals surface area contributed by atoms with Crippen LogP contribution in [0.15, 0.2) is 42.5 Å². The fraction of sp³-hybridized carbons (Fsp3) is 0.222. The van der Waals surface area contributed by atoms with Crippen LogP contribution in [0.1, 0.15) is 5.56 Å². The van der Waals surface area contributed by atoms with Crippen LogP contribution in [0.3, 0.4) is 0 Å². The molecule has 3 rings (SSSR count). The van der Waals surface area contributed by atoms with Gasteiger partial charge in [-0.15, -0.1) is 0 Å². The molecule has 3 amide bonds. The van der Waals surface area contributed by atoms with E-state index in [9.17, 15) is 31.5 Å². The third kappa shape index (κ3) is 4.05. The Balaban J connectivity index is 1.67. The van der Waals surface area contributed by atoms with Crippen molar-refractivity contribution in [2.45, 2.75) is 6.18 Å². The summed E-state index contributed by atoms with van der Waals surface area (Å²) < 4.78 is 65.4. The SMILES string of the molecule is O=C(CN1CCN(c2ccc(F)c(F)c2)C1=O)Nc1ccccc1C(F)(F)F. The Morgan fingerprint density at radius 1 is 1.04 bits per heavy atom. The Bertz CT molecular complexity index is 916. The number of anilines is 2. The number of hydrogen-bond donors (Lipinski definition) is 1. The molecule has 1 N–H and O–H groups in total. The van der Waals surface area contributed by atoms with Crippen molar-refractivity contribution in [1.82, 2.24) is 4.90 Å². The van der Waals surface area contributed by atoms with Crippen molar-refractivity contribution < 1.29 is 31.5 Å². The van der Waals surface area contributed by atoms with E-state index < -0.39 is 47.5 Å². The fourth-order valence-electron chi connectivity index (χ4n) is 2.82. The van der Waals surface area contributed by atoms with E-state index in [1.165, 1.54) is 18.2 Å². The average molecular weight is 399 g/mol. The molecule has 0 bridgehead atoms. The Morgan fingerprint density at radius 3 is 2.43 bits per heavy atom. The number of urea groups is 1. The zero-order chi connectivity index (χ0) is 20.5. The van der Waals surface area contributed by atoms with Gasteiger partial charge in [0.05, 0.1) is 11.3 Å². The fourth-order valence-corrected chi connectivity index (χ4v) is 2.82. The van der Waals surface area contributed by atoms with Crippen LogP contribution in [0.2, 0.25) is 0 Å². The smallest absolute Gasteiger partial charge is 0.324 e. The number of carbonyl (C=O) groups excluding carboxylic acids is 2. The first-order chi connectivity index (χ1) is 13.2. The van der Waals surface area contributed by atoms with E-state index in [0.29, 0.717) is 0 Å². The molecule has 1 aliphatic rings. The lowest BCUT2D eigenvalue weighted by Gasteiger charge is -2.19. The van der Waals surface area contributed by atoms with Gasteiger partial charge < -0.3 is 10.2 Å². The molecule has 2 aromatic rings. The molecule has 1 aliphatic heterocycles. The summed E-state index contributed by atoms with van der Waals surface area (Å²) in [5, 5.41) is 2.15. The van der Waals surface area contributed by atoms with Crippen molar-refractivity contribution in [2.24, 2.45) is 0 Å². The predicted octanol–water partition coefficient (Wildman–Crippen LogP) is 3.86. The van der Waals surface area contributed by atoms with Crippen molar-refractivity contribution in [3.63, 3.8) is 0 Å². The summed E-state index contributed by atoms with van der Waals surface area (Å²) in [5.74, 6) is -2.99. The molecule has 0 spiro atoms. The number of benzene rings is 2. The van der Waals surface area contributed by atoms with Crippen LogP contribution >= 0.6 is 0 Å². The number of amides is 3. The second kappa shape index (κ2) is 7.45. The summed E-state index contributed by atoms with van der Waals surface area (Å²) in [7, 11) is 0. The molecule has 1 heterocycles. The lowest BCUT2D eigenvalue weighted by atomic mass is 10.1. The van der Waals surface area contributed by atoms with Gasteiger partial charge in [-0.3, -0.25) is 9.69 Å². The Morgan fingerprint density at radius 2 is 1.75 bits per heavy atom. The number of nitrogens with zero attached hydrogens (tertiary/aromatic N) is 2. The number of hydrogen-bond acceptors (Lipinski definition) is 2. The van der Waals surface area contributed by atoms with Crippen LogP contribution in [0, 0.1) is 11.6 Å². The molecular formula is C18H14F5N3O2. The van der Waals surface area contributed by atoms with Crippen LogP contribution in [-0.4, -0.2) is 36.5 Å². The zero-order valence-corrected chi connectivity index (χ0v) is 14.3.